The Hall–Kier alpha value is -1.82. The number of piperidine rings is 1. The molecule has 1 fully saturated rings. The molecule has 3 aromatic rings. The van der Waals surface area contributed by atoms with E-state index in [0.29, 0.717) is 21.4 Å². The quantitative estimate of drug-likeness (QED) is 0.670. The molecule has 0 amide bonds. The number of nitrogens with zero attached hydrogens (tertiary/aromatic N) is 2. The normalized spacial score (nSPS) is 17.0. The minimum atomic E-state index is -3.64. The van der Waals surface area contributed by atoms with Gasteiger partial charge in [-0.15, -0.1) is 0 Å². The molecule has 0 unspecified atom stereocenters. The van der Waals surface area contributed by atoms with Gasteiger partial charge in [0.05, 0.1) is 10.4 Å². The van der Waals surface area contributed by atoms with Crippen LogP contribution in [0.5, 0.6) is 0 Å². The maximum atomic E-state index is 13.2. The van der Waals surface area contributed by atoms with Crippen LogP contribution in [0.1, 0.15) is 24.3 Å². The molecule has 4 rings (SSSR count). The highest BCUT2D eigenvalue weighted by atomic mass is 35.5. The zero-order valence-corrected chi connectivity index (χ0v) is 16.2. The van der Waals surface area contributed by atoms with Crippen molar-refractivity contribution < 1.29 is 8.42 Å². The lowest BCUT2D eigenvalue weighted by Gasteiger charge is -2.28. The summed E-state index contributed by atoms with van der Waals surface area (Å²) in [6.45, 7) is 2.03. The van der Waals surface area contributed by atoms with Crippen molar-refractivity contribution >= 4 is 32.5 Å². The first-order chi connectivity index (χ1) is 12.5. The van der Waals surface area contributed by atoms with Crippen molar-refractivity contribution in [2.45, 2.75) is 23.7 Å². The number of hydrogen-bond acceptors (Lipinski definition) is 3. The van der Waals surface area contributed by atoms with Crippen LogP contribution in [0.15, 0.2) is 59.6 Å². The Kier molecular flexibility index (Phi) is 4.55. The van der Waals surface area contributed by atoms with E-state index in [1.165, 1.54) is 3.97 Å². The van der Waals surface area contributed by atoms with Crippen LogP contribution >= 0.6 is 11.6 Å². The van der Waals surface area contributed by atoms with Crippen molar-refractivity contribution in [1.82, 2.24) is 8.87 Å². The van der Waals surface area contributed by atoms with Crippen LogP contribution in [-0.4, -0.2) is 37.4 Å². The topological polar surface area (TPSA) is 42.3 Å². The molecule has 0 spiro atoms. The number of rotatable bonds is 3. The smallest absolute Gasteiger partial charge is 0.268 e. The third-order valence-corrected chi connectivity index (χ3v) is 7.14. The molecule has 26 heavy (non-hydrogen) atoms. The van der Waals surface area contributed by atoms with Gasteiger partial charge in [-0.25, -0.2) is 12.4 Å². The molecule has 0 N–H and O–H groups in total. The number of halogens is 1. The van der Waals surface area contributed by atoms with Crippen molar-refractivity contribution in [1.29, 1.82) is 0 Å². The zero-order chi connectivity index (χ0) is 18.3. The fourth-order valence-corrected chi connectivity index (χ4v) is 5.32. The van der Waals surface area contributed by atoms with Crippen molar-refractivity contribution in [2.24, 2.45) is 0 Å². The summed E-state index contributed by atoms with van der Waals surface area (Å²) in [5.41, 5.74) is 1.77. The Labute approximate surface area is 159 Å². The molecule has 2 aromatic carbocycles. The molecule has 0 saturated carbocycles. The fourth-order valence-electron chi connectivity index (χ4n) is 3.75. The van der Waals surface area contributed by atoms with Crippen molar-refractivity contribution in [2.75, 3.05) is 20.1 Å². The number of fused-ring (bicyclic) bond motifs is 1. The summed E-state index contributed by atoms with van der Waals surface area (Å²) in [6, 6.07) is 14.0. The highest BCUT2D eigenvalue weighted by Crippen LogP contribution is 2.36. The van der Waals surface area contributed by atoms with E-state index in [-0.39, 0.29) is 0 Å². The van der Waals surface area contributed by atoms with E-state index in [9.17, 15) is 8.42 Å². The van der Waals surface area contributed by atoms with Gasteiger partial charge in [0.15, 0.2) is 0 Å². The summed E-state index contributed by atoms with van der Waals surface area (Å²) in [4.78, 5) is 2.60. The maximum Gasteiger partial charge on any atom is 0.268 e. The van der Waals surface area contributed by atoms with Crippen LogP contribution in [0.25, 0.3) is 10.9 Å². The van der Waals surface area contributed by atoms with Gasteiger partial charge in [0.25, 0.3) is 10.0 Å². The molecule has 6 heteroatoms. The van der Waals surface area contributed by atoms with Crippen LogP contribution in [0.4, 0.5) is 0 Å². The number of aromatic nitrogens is 1. The summed E-state index contributed by atoms with van der Waals surface area (Å²) in [5, 5.41) is 1.56. The van der Waals surface area contributed by atoms with Gasteiger partial charge in [0, 0.05) is 16.6 Å². The van der Waals surface area contributed by atoms with E-state index in [0.717, 1.165) is 36.9 Å². The first-order valence-corrected chi connectivity index (χ1v) is 10.6. The molecule has 2 heterocycles. The van der Waals surface area contributed by atoms with Gasteiger partial charge in [0.1, 0.15) is 0 Å². The van der Waals surface area contributed by atoms with Crippen LogP contribution < -0.4 is 0 Å². The van der Waals surface area contributed by atoms with Crippen LogP contribution in [-0.2, 0) is 10.0 Å². The Morgan fingerprint density at radius 3 is 2.42 bits per heavy atom. The van der Waals surface area contributed by atoms with Gasteiger partial charge < -0.3 is 4.90 Å². The zero-order valence-electron chi connectivity index (χ0n) is 14.6. The highest BCUT2D eigenvalue weighted by molar-refractivity contribution is 7.90. The molecular weight excluding hydrogens is 368 g/mol. The van der Waals surface area contributed by atoms with E-state index in [4.69, 9.17) is 11.6 Å². The minimum Gasteiger partial charge on any atom is -0.306 e. The van der Waals surface area contributed by atoms with Crippen LogP contribution in [0.2, 0.25) is 5.02 Å². The van der Waals surface area contributed by atoms with Gasteiger partial charge in [-0.05, 0) is 74.8 Å². The van der Waals surface area contributed by atoms with Gasteiger partial charge in [-0.2, -0.15) is 0 Å². The first-order valence-electron chi connectivity index (χ1n) is 8.76. The standard InChI is InChI=1S/C20H21ClN2O2S/c1-22-11-9-15(10-12-22)19-14-23(20-8-7-16(21)13-18(19)20)26(24,25)17-5-3-2-4-6-17/h2-8,13-15H,9-12H2,1H3. The van der Waals surface area contributed by atoms with Crippen molar-refractivity contribution in [3.63, 3.8) is 0 Å². The lowest BCUT2D eigenvalue weighted by Crippen LogP contribution is -2.29. The SMILES string of the molecule is CN1CCC(c2cn(S(=O)(=O)c3ccccc3)c3ccc(Cl)cc23)CC1. The van der Waals surface area contributed by atoms with Crippen molar-refractivity contribution in [3.8, 4) is 0 Å². The van der Waals surface area contributed by atoms with Gasteiger partial charge in [-0.3, -0.25) is 0 Å². The van der Waals surface area contributed by atoms with Gasteiger partial charge in [-0.1, -0.05) is 29.8 Å². The molecule has 0 aliphatic carbocycles. The minimum absolute atomic E-state index is 0.293. The molecule has 1 aliphatic rings. The number of benzene rings is 2. The summed E-state index contributed by atoms with van der Waals surface area (Å²) in [6.07, 6.45) is 3.85. The second-order valence-corrected chi connectivity index (χ2v) is 9.19. The van der Waals surface area contributed by atoms with E-state index < -0.39 is 10.0 Å². The molecule has 1 saturated heterocycles. The lowest BCUT2D eigenvalue weighted by atomic mass is 9.89. The third-order valence-electron chi connectivity index (χ3n) is 5.22. The lowest BCUT2D eigenvalue weighted by molar-refractivity contribution is 0.256. The molecular formula is C20H21ClN2O2S. The maximum absolute atomic E-state index is 13.2. The Morgan fingerprint density at radius 2 is 1.73 bits per heavy atom. The molecule has 1 aliphatic heterocycles. The average Bonchev–Trinajstić information content (AvgIpc) is 3.02. The molecule has 1 aromatic heterocycles. The Morgan fingerprint density at radius 1 is 1.04 bits per heavy atom. The largest absolute Gasteiger partial charge is 0.306 e. The fraction of sp³-hybridized carbons (Fsp3) is 0.300. The highest BCUT2D eigenvalue weighted by Gasteiger charge is 2.26. The van der Waals surface area contributed by atoms with E-state index in [2.05, 4.69) is 11.9 Å². The van der Waals surface area contributed by atoms with E-state index in [1.54, 1.807) is 42.6 Å². The second-order valence-electron chi connectivity index (χ2n) is 6.94. The molecule has 136 valence electrons. The second kappa shape index (κ2) is 6.72. The van der Waals surface area contributed by atoms with Crippen molar-refractivity contribution in [3.05, 3.63) is 65.3 Å². The first kappa shape index (κ1) is 17.6. The Bertz CT molecular complexity index is 1040. The average molecular weight is 389 g/mol. The molecule has 4 nitrogen and oxygen atoms in total. The molecule has 0 atom stereocenters. The predicted octanol–water partition coefficient (Wildman–Crippen LogP) is 4.34. The molecule has 0 radical (unpaired) electrons. The number of hydrogen-bond donors (Lipinski definition) is 0. The van der Waals surface area contributed by atoms with Crippen LogP contribution in [0.3, 0.4) is 0 Å². The summed E-state index contributed by atoms with van der Waals surface area (Å²) >= 11 is 6.23. The summed E-state index contributed by atoms with van der Waals surface area (Å²) in [5.74, 6) is 0.347. The monoisotopic (exact) mass is 388 g/mol. The predicted molar refractivity (Wildman–Crippen MR) is 105 cm³/mol. The van der Waals surface area contributed by atoms with Gasteiger partial charge in [0.2, 0.25) is 0 Å². The molecule has 0 bridgehead atoms. The summed E-state index contributed by atoms with van der Waals surface area (Å²) in [7, 11) is -1.52. The van der Waals surface area contributed by atoms with E-state index >= 15 is 0 Å². The Balaban J connectivity index is 1.89. The number of likely N-dealkylation sites (tertiary alicyclic amines) is 1. The summed E-state index contributed by atoms with van der Waals surface area (Å²) < 4.78 is 27.8. The third kappa shape index (κ3) is 3.04. The van der Waals surface area contributed by atoms with Crippen LogP contribution in [0, 0.1) is 0 Å². The van der Waals surface area contributed by atoms with E-state index in [1.807, 2.05) is 12.1 Å². The van der Waals surface area contributed by atoms with Gasteiger partial charge >= 0.3 is 0 Å².